The molecule has 2 aromatic heterocycles. The minimum absolute atomic E-state index is 0.0340. The second-order valence-corrected chi connectivity index (χ2v) is 6.06. The molecule has 4 rings (SSSR count). The van der Waals surface area contributed by atoms with E-state index in [4.69, 9.17) is 0 Å². The average Bonchev–Trinajstić information content (AvgIpc) is 3.01. The Morgan fingerprint density at radius 1 is 1.17 bits per heavy atom. The molecule has 1 saturated carbocycles. The Morgan fingerprint density at radius 2 is 2.00 bits per heavy atom. The van der Waals surface area contributed by atoms with Gasteiger partial charge < -0.3 is 5.11 Å². The number of fused-ring (bicyclic) bond motifs is 1. The lowest BCUT2D eigenvalue weighted by atomic mass is 9.95. The van der Waals surface area contributed by atoms with Crippen molar-refractivity contribution >= 4 is 11.0 Å². The monoisotopic (exact) mass is 310 g/mol. The van der Waals surface area contributed by atoms with Crippen molar-refractivity contribution in [1.82, 2.24) is 19.3 Å². The second-order valence-electron chi connectivity index (χ2n) is 6.06. The molecular weight excluding hydrogens is 292 g/mol. The second kappa shape index (κ2) is 5.53. The first-order valence-electron chi connectivity index (χ1n) is 7.98. The predicted octanol–water partition coefficient (Wildman–Crippen LogP) is 2.79. The van der Waals surface area contributed by atoms with E-state index in [0.717, 1.165) is 25.7 Å². The molecule has 23 heavy (non-hydrogen) atoms. The Labute approximate surface area is 133 Å². The molecule has 2 heterocycles. The number of benzene rings is 1. The number of aromatic hydroxyl groups is 1. The van der Waals surface area contributed by atoms with Crippen LogP contribution in [0.5, 0.6) is 5.75 Å². The third-order valence-electron chi connectivity index (χ3n) is 4.56. The van der Waals surface area contributed by atoms with Crippen LogP contribution in [0.3, 0.4) is 0 Å². The van der Waals surface area contributed by atoms with Gasteiger partial charge in [0.25, 0.3) is 5.56 Å². The molecule has 118 valence electrons. The van der Waals surface area contributed by atoms with Gasteiger partial charge in [0, 0.05) is 12.1 Å². The van der Waals surface area contributed by atoms with Crippen LogP contribution in [0.25, 0.3) is 16.7 Å². The maximum Gasteiger partial charge on any atom is 0.264 e. The highest BCUT2D eigenvalue weighted by Gasteiger charge is 2.19. The quantitative estimate of drug-likeness (QED) is 0.790. The summed E-state index contributed by atoms with van der Waals surface area (Å²) in [5, 5.41) is 14.4. The maximum absolute atomic E-state index is 12.8. The molecule has 0 bridgehead atoms. The molecule has 0 aliphatic heterocycles. The number of nitrogens with zero attached hydrogens (tertiary/aromatic N) is 4. The van der Waals surface area contributed by atoms with Crippen LogP contribution in [-0.2, 0) is 0 Å². The molecule has 6 nitrogen and oxygen atoms in total. The summed E-state index contributed by atoms with van der Waals surface area (Å²) in [6.45, 7) is 0. The van der Waals surface area contributed by atoms with Crippen molar-refractivity contribution in [2.75, 3.05) is 0 Å². The zero-order valence-electron chi connectivity index (χ0n) is 12.7. The molecule has 0 radical (unpaired) electrons. The van der Waals surface area contributed by atoms with E-state index in [1.807, 2.05) is 6.07 Å². The topological polar surface area (TPSA) is 72.9 Å². The molecule has 0 spiro atoms. The van der Waals surface area contributed by atoms with Crippen LogP contribution in [0.4, 0.5) is 0 Å². The molecule has 0 amide bonds. The Bertz CT molecular complexity index is 906. The number of phenols is 1. The largest absolute Gasteiger partial charge is 0.508 e. The van der Waals surface area contributed by atoms with Crippen LogP contribution >= 0.6 is 0 Å². The summed E-state index contributed by atoms with van der Waals surface area (Å²) in [6, 6.07) is 7.00. The van der Waals surface area contributed by atoms with Crippen molar-refractivity contribution in [1.29, 1.82) is 0 Å². The molecule has 1 aliphatic carbocycles. The van der Waals surface area contributed by atoms with E-state index >= 15 is 0 Å². The van der Waals surface area contributed by atoms with Crippen molar-refractivity contribution in [2.45, 2.75) is 38.1 Å². The zero-order chi connectivity index (χ0) is 15.8. The van der Waals surface area contributed by atoms with Gasteiger partial charge in [0.15, 0.2) is 5.65 Å². The minimum Gasteiger partial charge on any atom is -0.508 e. The summed E-state index contributed by atoms with van der Waals surface area (Å²) in [7, 11) is 0. The van der Waals surface area contributed by atoms with Gasteiger partial charge in [0.05, 0.1) is 11.9 Å². The number of rotatable bonds is 2. The van der Waals surface area contributed by atoms with Gasteiger partial charge in [0.1, 0.15) is 17.5 Å². The van der Waals surface area contributed by atoms with Crippen LogP contribution in [0.15, 0.2) is 41.6 Å². The van der Waals surface area contributed by atoms with Gasteiger partial charge in [-0.2, -0.15) is 5.10 Å². The normalized spacial score (nSPS) is 16.0. The first-order chi connectivity index (χ1) is 11.2. The highest BCUT2D eigenvalue weighted by Crippen LogP contribution is 2.27. The molecule has 1 fully saturated rings. The van der Waals surface area contributed by atoms with Crippen LogP contribution < -0.4 is 5.56 Å². The molecule has 0 saturated heterocycles. The lowest BCUT2D eigenvalue weighted by Gasteiger charge is -2.23. The van der Waals surface area contributed by atoms with E-state index in [1.54, 1.807) is 40.0 Å². The lowest BCUT2D eigenvalue weighted by molar-refractivity contribution is 0.345. The Morgan fingerprint density at radius 3 is 2.78 bits per heavy atom. The summed E-state index contributed by atoms with van der Waals surface area (Å²) in [5.41, 5.74) is 1.17. The third kappa shape index (κ3) is 2.40. The Balaban J connectivity index is 1.82. The first-order valence-corrected chi connectivity index (χ1v) is 7.98. The van der Waals surface area contributed by atoms with Crippen molar-refractivity contribution in [3.63, 3.8) is 0 Å². The SMILES string of the molecule is O=c1c2cnn(-c3cccc(O)c3)c2ncn1C1CCCCC1. The van der Waals surface area contributed by atoms with Crippen LogP contribution in [0.2, 0.25) is 0 Å². The van der Waals surface area contributed by atoms with E-state index < -0.39 is 0 Å². The van der Waals surface area contributed by atoms with Crippen LogP contribution in [-0.4, -0.2) is 24.4 Å². The van der Waals surface area contributed by atoms with Crippen molar-refractivity contribution in [2.24, 2.45) is 0 Å². The molecule has 1 aromatic carbocycles. The lowest BCUT2D eigenvalue weighted by Crippen LogP contribution is -2.26. The number of aromatic nitrogens is 4. The molecule has 1 N–H and O–H groups in total. The third-order valence-corrected chi connectivity index (χ3v) is 4.56. The van der Waals surface area contributed by atoms with Crippen LogP contribution in [0.1, 0.15) is 38.1 Å². The van der Waals surface area contributed by atoms with Crippen LogP contribution in [0, 0.1) is 0 Å². The molecule has 1 aliphatic rings. The van der Waals surface area contributed by atoms with Crippen molar-refractivity contribution in [3.05, 3.63) is 47.1 Å². The first kappa shape index (κ1) is 14.0. The van der Waals surface area contributed by atoms with Crippen molar-refractivity contribution in [3.8, 4) is 11.4 Å². The van der Waals surface area contributed by atoms with Crippen molar-refractivity contribution < 1.29 is 5.11 Å². The van der Waals surface area contributed by atoms with Gasteiger partial charge in [0.2, 0.25) is 0 Å². The van der Waals surface area contributed by atoms with E-state index in [-0.39, 0.29) is 17.4 Å². The van der Waals surface area contributed by atoms with E-state index in [9.17, 15) is 9.90 Å². The predicted molar refractivity (Wildman–Crippen MR) is 86.9 cm³/mol. The summed E-state index contributed by atoms with van der Waals surface area (Å²) in [6.07, 6.45) is 8.85. The molecule has 0 unspecified atom stereocenters. The summed E-state index contributed by atoms with van der Waals surface area (Å²) in [4.78, 5) is 17.2. The summed E-state index contributed by atoms with van der Waals surface area (Å²) in [5.74, 6) is 0.154. The van der Waals surface area contributed by atoms with E-state index in [2.05, 4.69) is 10.1 Å². The Kier molecular flexibility index (Phi) is 3.37. The number of hydrogen-bond donors (Lipinski definition) is 1. The average molecular weight is 310 g/mol. The smallest absolute Gasteiger partial charge is 0.264 e. The highest BCUT2D eigenvalue weighted by atomic mass is 16.3. The fourth-order valence-electron chi connectivity index (χ4n) is 3.36. The van der Waals surface area contributed by atoms with Gasteiger partial charge >= 0.3 is 0 Å². The number of hydrogen-bond acceptors (Lipinski definition) is 4. The zero-order valence-corrected chi connectivity index (χ0v) is 12.7. The summed E-state index contributed by atoms with van der Waals surface area (Å²) >= 11 is 0. The van der Waals surface area contributed by atoms with E-state index in [0.29, 0.717) is 16.7 Å². The highest BCUT2D eigenvalue weighted by molar-refractivity contribution is 5.75. The van der Waals surface area contributed by atoms with Gasteiger partial charge in [-0.05, 0) is 25.0 Å². The maximum atomic E-state index is 12.8. The molecule has 3 aromatic rings. The molecular formula is C17H18N4O2. The van der Waals surface area contributed by atoms with Gasteiger partial charge in [-0.25, -0.2) is 9.67 Å². The standard InChI is InChI=1S/C17H18N4O2/c22-14-8-4-7-13(9-14)21-16-15(10-19-21)17(23)20(11-18-16)12-5-2-1-3-6-12/h4,7-12,22H,1-3,5-6H2. The molecule has 0 atom stereocenters. The van der Waals surface area contributed by atoms with Gasteiger partial charge in [-0.1, -0.05) is 25.3 Å². The summed E-state index contributed by atoms with van der Waals surface area (Å²) < 4.78 is 3.34. The fourth-order valence-corrected chi connectivity index (χ4v) is 3.36. The fraction of sp³-hybridized carbons (Fsp3) is 0.353. The van der Waals surface area contributed by atoms with E-state index in [1.165, 1.54) is 6.42 Å². The number of phenolic OH excluding ortho intramolecular Hbond substituents is 1. The van der Waals surface area contributed by atoms with Gasteiger partial charge in [-0.3, -0.25) is 9.36 Å². The minimum atomic E-state index is -0.0340. The Hall–Kier alpha value is -2.63. The van der Waals surface area contributed by atoms with Gasteiger partial charge in [-0.15, -0.1) is 0 Å². The molecule has 6 heteroatoms.